The highest BCUT2D eigenvalue weighted by Crippen LogP contribution is 2.39. The van der Waals surface area contributed by atoms with E-state index < -0.39 is 5.92 Å². The second-order valence-corrected chi connectivity index (χ2v) is 8.40. The summed E-state index contributed by atoms with van der Waals surface area (Å²) in [5.74, 6) is -0.0447. The maximum atomic E-state index is 13.1. The molecule has 3 heterocycles. The first-order valence-electron chi connectivity index (χ1n) is 8.93. The third-order valence-electron chi connectivity index (χ3n) is 5.14. The van der Waals surface area contributed by atoms with Gasteiger partial charge in [-0.25, -0.2) is 4.68 Å². The SMILES string of the molecule is Cc1ccc(C(=O)C2CC(=O)Nc3c2c(C)nn3-c2ccc(C)c(C)c2)s1. The van der Waals surface area contributed by atoms with Crippen LogP contribution >= 0.6 is 11.3 Å². The molecule has 1 amide bonds. The Bertz CT molecular complexity index is 1080. The average Bonchev–Trinajstić information content (AvgIpc) is 3.20. The molecule has 0 saturated heterocycles. The summed E-state index contributed by atoms with van der Waals surface area (Å²) in [6.45, 7) is 7.98. The fourth-order valence-corrected chi connectivity index (χ4v) is 4.42. The fourth-order valence-electron chi connectivity index (χ4n) is 3.55. The van der Waals surface area contributed by atoms with Crippen LogP contribution in [0.4, 0.5) is 5.82 Å². The van der Waals surface area contributed by atoms with E-state index in [0.717, 1.165) is 27.4 Å². The molecule has 1 atom stereocenters. The molecule has 0 fully saturated rings. The average molecular weight is 379 g/mol. The lowest BCUT2D eigenvalue weighted by Crippen LogP contribution is -2.28. The van der Waals surface area contributed by atoms with E-state index in [9.17, 15) is 9.59 Å². The number of nitrogens with one attached hydrogen (secondary N) is 1. The molecule has 0 saturated carbocycles. The number of nitrogens with zero attached hydrogens (tertiary/aromatic N) is 2. The second kappa shape index (κ2) is 6.46. The molecule has 0 radical (unpaired) electrons. The van der Waals surface area contributed by atoms with Crippen LogP contribution in [0.15, 0.2) is 30.3 Å². The number of hydrogen-bond donors (Lipinski definition) is 1. The molecular weight excluding hydrogens is 358 g/mol. The van der Waals surface area contributed by atoms with Gasteiger partial charge < -0.3 is 5.32 Å². The Labute approximate surface area is 162 Å². The lowest BCUT2D eigenvalue weighted by molar-refractivity contribution is -0.116. The van der Waals surface area contributed by atoms with Crippen molar-refractivity contribution < 1.29 is 9.59 Å². The van der Waals surface area contributed by atoms with Gasteiger partial charge in [0.25, 0.3) is 0 Å². The van der Waals surface area contributed by atoms with Crippen molar-refractivity contribution in [2.24, 2.45) is 0 Å². The number of Topliss-reactive ketones (excluding diaryl/α,β-unsaturated/α-hetero) is 1. The highest BCUT2D eigenvalue weighted by Gasteiger charge is 2.36. The van der Waals surface area contributed by atoms with Crippen LogP contribution in [0.2, 0.25) is 0 Å². The van der Waals surface area contributed by atoms with Crippen LogP contribution in [-0.2, 0) is 4.79 Å². The van der Waals surface area contributed by atoms with Gasteiger partial charge in [-0.15, -0.1) is 11.3 Å². The minimum Gasteiger partial charge on any atom is -0.310 e. The number of carbonyl (C=O) groups is 2. The van der Waals surface area contributed by atoms with Crippen molar-refractivity contribution >= 4 is 28.8 Å². The van der Waals surface area contributed by atoms with Crippen molar-refractivity contribution in [1.29, 1.82) is 0 Å². The molecule has 2 aromatic heterocycles. The number of carbonyl (C=O) groups excluding carboxylic acids is 2. The van der Waals surface area contributed by atoms with Crippen molar-refractivity contribution in [3.05, 3.63) is 62.5 Å². The van der Waals surface area contributed by atoms with Crippen LogP contribution in [0.5, 0.6) is 0 Å². The summed E-state index contributed by atoms with van der Waals surface area (Å²) < 4.78 is 1.74. The number of amides is 1. The van der Waals surface area contributed by atoms with E-state index in [4.69, 9.17) is 0 Å². The molecule has 6 heteroatoms. The summed E-state index contributed by atoms with van der Waals surface area (Å²) >= 11 is 1.47. The summed E-state index contributed by atoms with van der Waals surface area (Å²) in [6, 6.07) is 9.85. The van der Waals surface area contributed by atoms with Gasteiger partial charge in [-0.3, -0.25) is 9.59 Å². The van der Waals surface area contributed by atoms with Gasteiger partial charge in [-0.1, -0.05) is 6.07 Å². The van der Waals surface area contributed by atoms with Crippen LogP contribution < -0.4 is 5.32 Å². The Morgan fingerprint density at radius 3 is 2.59 bits per heavy atom. The lowest BCUT2D eigenvalue weighted by atomic mass is 9.87. The summed E-state index contributed by atoms with van der Waals surface area (Å²) in [5.41, 5.74) is 4.82. The molecule has 1 aliphatic rings. The van der Waals surface area contributed by atoms with Gasteiger partial charge in [0.1, 0.15) is 5.82 Å². The van der Waals surface area contributed by atoms with Gasteiger partial charge in [-0.05, 0) is 63.1 Å². The van der Waals surface area contributed by atoms with Crippen molar-refractivity contribution in [1.82, 2.24) is 9.78 Å². The number of aromatic nitrogens is 2. The Hall–Kier alpha value is -2.73. The van der Waals surface area contributed by atoms with Crippen LogP contribution in [0, 0.1) is 27.7 Å². The Morgan fingerprint density at radius 2 is 1.93 bits per heavy atom. The minimum absolute atomic E-state index is 0.00747. The van der Waals surface area contributed by atoms with Gasteiger partial charge in [0.15, 0.2) is 5.78 Å². The molecule has 4 rings (SSSR count). The molecule has 1 unspecified atom stereocenters. The van der Waals surface area contributed by atoms with Gasteiger partial charge in [0.2, 0.25) is 5.91 Å². The Balaban J connectivity index is 1.83. The number of thiophene rings is 1. The molecule has 5 nitrogen and oxygen atoms in total. The molecule has 1 aromatic carbocycles. The number of fused-ring (bicyclic) bond motifs is 1. The number of anilines is 1. The largest absolute Gasteiger partial charge is 0.310 e. The van der Waals surface area contributed by atoms with E-state index >= 15 is 0 Å². The zero-order valence-electron chi connectivity index (χ0n) is 15.8. The van der Waals surface area contributed by atoms with E-state index in [1.807, 2.05) is 51.1 Å². The van der Waals surface area contributed by atoms with Gasteiger partial charge in [0, 0.05) is 16.9 Å². The number of hydrogen-bond acceptors (Lipinski definition) is 4. The predicted molar refractivity (Wildman–Crippen MR) is 107 cm³/mol. The Kier molecular flexibility index (Phi) is 4.23. The van der Waals surface area contributed by atoms with Crippen LogP contribution in [0.1, 0.15) is 49.3 Å². The maximum absolute atomic E-state index is 13.1. The van der Waals surface area contributed by atoms with E-state index in [-0.39, 0.29) is 18.1 Å². The summed E-state index contributed by atoms with van der Waals surface area (Å²) in [4.78, 5) is 27.3. The number of rotatable bonds is 3. The minimum atomic E-state index is -0.493. The van der Waals surface area contributed by atoms with Crippen molar-refractivity contribution in [2.45, 2.75) is 40.0 Å². The molecular formula is C21H21N3O2S. The van der Waals surface area contributed by atoms with Crippen molar-refractivity contribution in [2.75, 3.05) is 5.32 Å². The van der Waals surface area contributed by atoms with Crippen molar-refractivity contribution in [3.8, 4) is 5.69 Å². The third-order valence-corrected chi connectivity index (χ3v) is 6.15. The first kappa shape index (κ1) is 17.7. The van der Waals surface area contributed by atoms with Gasteiger partial charge >= 0.3 is 0 Å². The lowest BCUT2D eigenvalue weighted by Gasteiger charge is -2.22. The highest BCUT2D eigenvalue weighted by atomic mass is 32.1. The molecule has 3 aromatic rings. The summed E-state index contributed by atoms with van der Waals surface area (Å²) in [7, 11) is 0. The molecule has 0 spiro atoms. The highest BCUT2D eigenvalue weighted by molar-refractivity contribution is 7.14. The van der Waals surface area contributed by atoms with Crippen LogP contribution in [0.3, 0.4) is 0 Å². The smallest absolute Gasteiger partial charge is 0.226 e. The fraction of sp³-hybridized carbons (Fsp3) is 0.286. The number of ketones is 1. The van der Waals surface area contributed by atoms with Crippen LogP contribution in [-0.4, -0.2) is 21.5 Å². The molecule has 27 heavy (non-hydrogen) atoms. The predicted octanol–water partition coefficient (Wildman–Crippen LogP) is 4.48. The van der Waals surface area contributed by atoms with E-state index in [2.05, 4.69) is 17.3 Å². The normalized spacial score (nSPS) is 16.1. The van der Waals surface area contributed by atoms with Gasteiger partial charge in [0.05, 0.1) is 22.2 Å². The third kappa shape index (κ3) is 3.00. The topological polar surface area (TPSA) is 64.0 Å². The number of aryl methyl sites for hydroxylation is 4. The molecule has 0 bridgehead atoms. The second-order valence-electron chi connectivity index (χ2n) is 7.11. The molecule has 138 valence electrons. The van der Waals surface area contributed by atoms with E-state index in [1.165, 1.54) is 16.9 Å². The molecule has 1 aliphatic heterocycles. The standard InChI is InChI=1S/C21H21N3O2S/c1-11-5-7-15(9-12(11)2)24-21-19(14(4)23-24)16(10-18(25)22-21)20(26)17-8-6-13(3)27-17/h5-9,16H,10H2,1-4H3,(H,22,25). The quantitative estimate of drug-likeness (QED) is 0.683. The zero-order valence-corrected chi connectivity index (χ0v) is 16.6. The Morgan fingerprint density at radius 1 is 1.15 bits per heavy atom. The molecule has 0 aliphatic carbocycles. The first-order chi connectivity index (χ1) is 12.8. The zero-order chi connectivity index (χ0) is 19.3. The van der Waals surface area contributed by atoms with Crippen LogP contribution in [0.25, 0.3) is 5.69 Å². The first-order valence-corrected chi connectivity index (χ1v) is 9.74. The molecule has 1 N–H and O–H groups in total. The van der Waals surface area contributed by atoms with E-state index in [0.29, 0.717) is 10.7 Å². The maximum Gasteiger partial charge on any atom is 0.226 e. The van der Waals surface area contributed by atoms with Crippen molar-refractivity contribution in [3.63, 3.8) is 0 Å². The monoisotopic (exact) mass is 379 g/mol. The summed E-state index contributed by atoms with van der Waals surface area (Å²) in [6.07, 6.45) is 0.155. The number of benzene rings is 1. The summed E-state index contributed by atoms with van der Waals surface area (Å²) in [5, 5.41) is 7.59. The van der Waals surface area contributed by atoms with E-state index in [1.54, 1.807) is 4.68 Å². The van der Waals surface area contributed by atoms with Gasteiger partial charge in [-0.2, -0.15) is 5.10 Å².